The zero-order chi connectivity index (χ0) is 17.6. The molecule has 1 aromatic carbocycles. The third kappa shape index (κ3) is 4.91. The molecule has 0 amide bonds. The smallest absolute Gasteiger partial charge is 0.162 e. The average Bonchev–Trinajstić information content (AvgIpc) is 3.05. The van der Waals surface area contributed by atoms with E-state index in [-0.39, 0.29) is 11.8 Å². The summed E-state index contributed by atoms with van der Waals surface area (Å²) in [6.07, 6.45) is 5.65. The fourth-order valence-electron chi connectivity index (χ4n) is 2.60. The van der Waals surface area contributed by atoms with Crippen molar-refractivity contribution in [2.45, 2.75) is 53.0 Å². The highest BCUT2D eigenvalue weighted by Gasteiger charge is 2.30. The monoisotopic (exact) mass is 329 g/mol. The molecule has 0 saturated heterocycles. The van der Waals surface area contributed by atoms with Gasteiger partial charge in [-0.05, 0) is 37.8 Å². The average molecular weight is 329 g/mol. The second-order valence-electron chi connectivity index (χ2n) is 7.12. The van der Waals surface area contributed by atoms with Gasteiger partial charge in [-0.2, -0.15) is 5.10 Å². The summed E-state index contributed by atoms with van der Waals surface area (Å²) in [7, 11) is 0. The molecule has 1 aromatic heterocycles. The lowest BCUT2D eigenvalue weighted by Crippen LogP contribution is -2.31. The minimum atomic E-state index is -0.395. The molecule has 5 heteroatoms. The molecule has 130 valence electrons. The Morgan fingerprint density at radius 2 is 2.00 bits per heavy atom. The number of hydrogen-bond acceptors (Lipinski definition) is 4. The van der Waals surface area contributed by atoms with Gasteiger partial charge in [0.15, 0.2) is 5.78 Å². The van der Waals surface area contributed by atoms with E-state index in [0.29, 0.717) is 6.61 Å². The van der Waals surface area contributed by atoms with Crippen molar-refractivity contribution in [2.24, 2.45) is 5.41 Å². The predicted molar refractivity (Wildman–Crippen MR) is 94.0 cm³/mol. The Hall–Kier alpha value is -2.17. The molecule has 2 rings (SSSR count). The van der Waals surface area contributed by atoms with Crippen LogP contribution in [0, 0.1) is 12.3 Å². The van der Waals surface area contributed by atoms with Crippen LogP contribution in [-0.4, -0.2) is 27.2 Å². The minimum Gasteiger partial charge on any atom is -0.493 e. The van der Waals surface area contributed by atoms with E-state index in [1.165, 1.54) is 6.33 Å². The van der Waals surface area contributed by atoms with E-state index in [2.05, 4.69) is 10.1 Å². The summed E-state index contributed by atoms with van der Waals surface area (Å²) >= 11 is 0. The highest BCUT2D eigenvalue weighted by molar-refractivity contribution is 5.87. The fourth-order valence-corrected chi connectivity index (χ4v) is 2.60. The number of aromatic nitrogens is 3. The highest BCUT2D eigenvalue weighted by atomic mass is 16.5. The number of aryl methyl sites for hydroxylation is 1. The van der Waals surface area contributed by atoms with Crippen LogP contribution in [0.2, 0.25) is 0 Å². The molecular formula is C19H27N3O2. The number of hydrogen-bond donors (Lipinski definition) is 0. The molecule has 0 radical (unpaired) electrons. The molecule has 0 bridgehead atoms. The second-order valence-corrected chi connectivity index (χ2v) is 7.12. The number of ketones is 1. The van der Waals surface area contributed by atoms with Gasteiger partial charge < -0.3 is 4.74 Å². The zero-order valence-corrected chi connectivity index (χ0v) is 15.0. The van der Waals surface area contributed by atoms with Crippen molar-refractivity contribution in [2.75, 3.05) is 6.61 Å². The van der Waals surface area contributed by atoms with Gasteiger partial charge in [0.2, 0.25) is 0 Å². The van der Waals surface area contributed by atoms with Gasteiger partial charge >= 0.3 is 0 Å². The van der Waals surface area contributed by atoms with Crippen LogP contribution >= 0.6 is 0 Å². The van der Waals surface area contributed by atoms with Crippen molar-refractivity contribution in [3.8, 4) is 5.75 Å². The summed E-state index contributed by atoms with van der Waals surface area (Å²) in [5.74, 6) is 1.11. The molecular weight excluding hydrogens is 302 g/mol. The number of unbranched alkanes of at least 4 members (excludes halogenated alkanes) is 1. The van der Waals surface area contributed by atoms with Gasteiger partial charge in [-0.15, -0.1) is 0 Å². The standard InChI is InChI=1S/C19H27N3O2/c1-15-9-5-6-11-17(15)24-12-8-7-10-16(18(23)19(2,3)4)22-14-20-13-21-22/h5-6,9,11,13-14,16H,7-8,10,12H2,1-4H3. The molecule has 1 atom stereocenters. The van der Waals surface area contributed by atoms with Gasteiger partial charge in [0.05, 0.1) is 6.61 Å². The van der Waals surface area contributed by atoms with Crippen LogP contribution < -0.4 is 4.74 Å². The molecule has 0 aliphatic rings. The largest absolute Gasteiger partial charge is 0.493 e. The van der Waals surface area contributed by atoms with E-state index < -0.39 is 5.41 Å². The lowest BCUT2D eigenvalue weighted by atomic mass is 9.85. The summed E-state index contributed by atoms with van der Waals surface area (Å²) in [4.78, 5) is 16.6. The van der Waals surface area contributed by atoms with Crippen LogP contribution in [-0.2, 0) is 4.79 Å². The first-order valence-electron chi connectivity index (χ1n) is 8.46. The Bertz CT molecular complexity index is 645. The van der Waals surface area contributed by atoms with Crippen LogP contribution in [0.25, 0.3) is 0 Å². The molecule has 1 heterocycles. The summed E-state index contributed by atoms with van der Waals surface area (Å²) < 4.78 is 7.49. The van der Waals surface area contributed by atoms with Crippen LogP contribution in [0.3, 0.4) is 0 Å². The van der Waals surface area contributed by atoms with E-state index in [0.717, 1.165) is 30.6 Å². The fraction of sp³-hybridized carbons (Fsp3) is 0.526. The first kappa shape index (κ1) is 18.2. The SMILES string of the molecule is Cc1ccccc1OCCCCC(C(=O)C(C)(C)C)n1cncn1. The number of para-hydroxylation sites is 1. The summed E-state index contributed by atoms with van der Waals surface area (Å²) in [5.41, 5.74) is 0.745. The van der Waals surface area contributed by atoms with Crippen molar-refractivity contribution in [1.82, 2.24) is 14.8 Å². The molecule has 0 aliphatic carbocycles. The Morgan fingerprint density at radius 1 is 1.25 bits per heavy atom. The first-order valence-corrected chi connectivity index (χ1v) is 8.46. The minimum absolute atomic E-state index is 0.188. The first-order chi connectivity index (χ1) is 11.4. The molecule has 0 N–H and O–H groups in total. The Morgan fingerprint density at radius 3 is 2.62 bits per heavy atom. The Balaban J connectivity index is 1.85. The van der Waals surface area contributed by atoms with Gasteiger partial charge in [0.1, 0.15) is 24.4 Å². The van der Waals surface area contributed by atoms with Crippen LogP contribution in [0.5, 0.6) is 5.75 Å². The van der Waals surface area contributed by atoms with E-state index >= 15 is 0 Å². The maximum Gasteiger partial charge on any atom is 0.162 e. The summed E-state index contributed by atoms with van der Waals surface area (Å²) in [6.45, 7) is 8.53. The van der Waals surface area contributed by atoms with Gasteiger partial charge in [-0.3, -0.25) is 4.79 Å². The van der Waals surface area contributed by atoms with Crippen molar-refractivity contribution >= 4 is 5.78 Å². The normalized spacial score (nSPS) is 12.8. The van der Waals surface area contributed by atoms with E-state index in [1.54, 1.807) is 11.0 Å². The third-order valence-electron chi connectivity index (χ3n) is 4.02. The van der Waals surface area contributed by atoms with Crippen LogP contribution in [0.4, 0.5) is 0 Å². The van der Waals surface area contributed by atoms with E-state index in [9.17, 15) is 4.79 Å². The molecule has 0 saturated carbocycles. The lowest BCUT2D eigenvalue weighted by Gasteiger charge is -2.24. The summed E-state index contributed by atoms with van der Waals surface area (Å²) in [5, 5.41) is 4.16. The van der Waals surface area contributed by atoms with Crippen molar-refractivity contribution in [3.63, 3.8) is 0 Å². The molecule has 0 aliphatic heterocycles. The number of ether oxygens (including phenoxy) is 1. The molecule has 1 unspecified atom stereocenters. The second kappa shape index (κ2) is 8.08. The Labute approximate surface area is 144 Å². The number of carbonyl (C=O) groups is 1. The topological polar surface area (TPSA) is 57.0 Å². The van der Waals surface area contributed by atoms with Crippen molar-refractivity contribution in [3.05, 3.63) is 42.5 Å². The number of rotatable bonds is 8. The number of benzene rings is 1. The van der Waals surface area contributed by atoms with Crippen LogP contribution in [0.1, 0.15) is 51.6 Å². The predicted octanol–water partition coefficient (Wildman–Crippen LogP) is 3.99. The molecule has 0 spiro atoms. The van der Waals surface area contributed by atoms with Crippen molar-refractivity contribution < 1.29 is 9.53 Å². The van der Waals surface area contributed by atoms with E-state index in [4.69, 9.17) is 4.74 Å². The lowest BCUT2D eigenvalue weighted by molar-refractivity contribution is -0.130. The maximum atomic E-state index is 12.7. The van der Waals surface area contributed by atoms with E-state index in [1.807, 2.05) is 52.0 Å². The Kier molecular flexibility index (Phi) is 6.12. The maximum absolute atomic E-state index is 12.7. The van der Waals surface area contributed by atoms with Gasteiger partial charge in [0.25, 0.3) is 0 Å². The molecule has 0 fully saturated rings. The highest BCUT2D eigenvalue weighted by Crippen LogP contribution is 2.26. The van der Waals surface area contributed by atoms with Crippen LogP contribution in [0.15, 0.2) is 36.9 Å². The third-order valence-corrected chi connectivity index (χ3v) is 4.02. The zero-order valence-electron chi connectivity index (χ0n) is 15.0. The van der Waals surface area contributed by atoms with Crippen molar-refractivity contribution in [1.29, 1.82) is 0 Å². The molecule has 5 nitrogen and oxygen atoms in total. The molecule has 24 heavy (non-hydrogen) atoms. The number of carbonyl (C=O) groups excluding carboxylic acids is 1. The van der Waals surface area contributed by atoms with Gasteiger partial charge in [-0.25, -0.2) is 9.67 Å². The summed E-state index contributed by atoms with van der Waals surface area (Å²) in [6, 6.07) is 7.74. The van der Waals surface area contributed by atoms with Gasteiger partial charge in [0, 0.05) is 5.41 Å². The molecule has 2 aromatic rings. The quantitative estimate of drug-likeness (QED) is 0.687. The number of nitrogens with zero attached hydrogens (tertiary/aromatic N) is 3. The number of Topliss-reactive ketones (excluding diaryl/α,β-unsaturated/α-hetero) is 1. The van der Waals surface area contributed by atoms with Gasteiger partial charge in [-0.1, -0.05) is 39.0 Å².